The van der Waals surface area contributed by atoms with E-state index in [1.54, 1.807) is 23.9 Å². The summed E-state index contributed by atoms with van der Waals surface area (Å²) in [6.07, 6.45) is 0. The molecule has 1 aromatic heterocycles. The third kappa shape index (κ3) is 4.48. The van der Waals surface area contributed by atoms with Crippen LogP contribution in [0, 0.1) is 6.92 Å². The molecule has 0 aliphatic heterocycles. The van der Waals surface area contributed by atoms with Gasteiger partial charge in [0, 0.05) is 18.4 Å². The Balaban J connectivity index is 1.57. The van der Waals surface area contributed by atoms with Gasteiger partial charge in [-0.05, 0) is 24.6 Å². The molecule has 1 N–H and O–H groups in total. The molecule has 0 spiro atoms. The van der Waals surface area contributed by atoms with Crippen LogP contribution in [-0.2, 0) is 19.3 Å². The van der Waals surface area contributed by atoms with Gasteiger partial charge < -0.3 is 9.88 Å². The zero-order valence-electron chi connectivity index (χ0n) is 14.3. The van der Waals surface area contributed by atoms with Gasteiger partial charge in [0.05, 0.1) is 6.54 Å². The molecule has 0 fully saturated rings. The normalized spacial score (nSPS) is 10.6. The highest BCUT2D eigenvalue weighted by Crippen LogP contribution is 2.21. The molecule has 1 amide bonds. The number of aryl methyl sites for hydroxylation is 1. The van der Waals surface area contributed by atoms with Crippen LogP contribution in [-0.4, -0.2) is 20.7 Å². The maximum Gasteiger partial charge on any atom is 0.251 e. The zero-order valence-corrected chi connectivity index (χ0v) is 15.1. The summed E-state index contributed by atoms with van der Waals surface area (Å²) >= 11 is 1.63. The highest BCUT2D eigenvalue weighted by Gasteiger charge is 2.11. The molecule has 25 heavy (non-hydrogen) atoms. The van der Waals surface area contributed by atoms with Gasteiger partial charge in [-0.3, -0.25) is 4.79 Å². The van der Waals surface area contributed by atoms with Crippen molar-refractivity contribution >= 4 is 17.7 Å². The van der Waals surface area contributed by atoms with Gasteiger partial charge in [-0.1, -0.05) is 59.8 Å². The number of amides is 1. The molecule has 0 radical (unpaired) electrons. The van der Waals surface area contributed by atoms with Crippen molar-refractivity contribution in [2.24, 2.45) is 7.05 Å². The van der Waals surface area contributed by atoms with E-state index >= 15 is 0 Å². The van der Waals surface area contributed by atoms with Crippen molar-refractivity contribution in [3.05, 3.63) is 77.1 Å². The Morgan fingerprint density at radius 1 is 1.08 bits per heavy atom. The number of carbonyl (C=O) groups excluding carboxylic acids is 1. The van der Waals surface area contributed by atoms with Crippen molar-refractivity contribution in [2.45, 2.75) is 24.4 Å². The Labute approximate surface area is 151 Å². The summed E-state index contributed by atoms with van der Waals surface area (Å²) in [6.45, 7) is 2.43. The number of hydrogen-bond donors (Lipinski definition) is 1. The molecule has 2 aromatic carbocycles. The number of benzene rings is 2. The van der Waals surface area contributed by atoms with Crippen molar-refractivity contribution in [3.8, 4) is 0 Å². The van der Waals surface area contributed by atoms with Crippen LogP contribution in [0.2, 0.25) is 0 Å². The molecule has 1 heterocycles. The molecular formula is C19H20N4OS. The highest BCUT2D eigenvalue weighted by molar-refractivity contribution is 7.98. The number of rotatable bonds is 6. The number of aromatic nitrogens is 3. The topological polar surface area (TPSA) is 59.8 Å². The smallest absolute Gasteiger partial charge is 0.251 e. The molecule has 0 aliphatic rings. The lowest BCUT2D eigenvalue weighted by molar-refractivity contribution is 0.0949. The molecule has 3 aromatic rings. The first kappa shape index (κ1) is 17.2. The van der Waals surface area contributed by atoms with Gasteiger partial charge in [0.15, 0.2) is 11.0 Å². The number of hydrogen-bond acceptors (Lipinski definition) is 4. The molecule has 128 valence electrons. The van der Waals surface area contributed by atoms with Crippen LogP contribution in [0.1, 0.15) is 27.3 Å². The molecule has 0 saturated heterocycles. The van der Waals surface area contributed by atoms with Crippen molar-refractivity contribution in [1.29, 1.82) is 0 Å². The van der Waals surface area contributed by atoms with Gasteiger partial charge in [0.2, 0.25) is 0 Å². The molecule has 0 aliphatic carbocycles. The van der Waals surface area contributed by atoms with Crippen molar-refractivity contribution in [1.82, 2.24) is 20.1 Å². The Morgan fingerprint density at radius 3 is 2.52 bits per heavy atom. The van der Waals surface area contributed by atoms with Crippen LogP contribution < -0.4 is 5.32 Å². The van der Waals surface area contributed by atoms with Crippen LogP contribution >= 0.6 is 11.8 Å². The predicted octanol–water partition coefficient (Wildman–Crippen LogP) is 3.35. The zero-order chi connectivity index (χ0) is 17.6. The maximum atomic E-state index is 12.1. The van der Waals surface area contributed by atoms with Crippen molar-refractivity contribution < 1.29 is 4.79 Å². The quantitative estimate of drug-likeness (QED) is 0.691. The third-order valence-electron chi connectivity index (χ3n) is 3.86. The summed E-state index contributed by atoms with van der Waals surface area (Å²) in [6, 6.07) is 17.6. The summed E-state index contributed by atoms with van der Waals surface area (Å²) in [5.74, 6) is 1.45. The Kier molecular flexibility index (Phi) is 5.50. The number of carbonyl (C=O) groups is 1. The fourth-order valence-corrected chi connectivity index (χ4v) is 3.19. The van der Waals surface area contributed by atoms with Gasteiger partial charge >= 0.3 is 0 Å². The second-order valence-corrected chi connectivity index (χ2v) is 6.72. The van der Waals surface area contributed by atoms with Crippen molar-refractivity contribution in [2.75, 3.05) is 0 Å². The summed E-state index contributed by atoms with van der Waals surface area (Å²) in [5.41, 5.74) is 3.14. The summed E-state index contributed by atoms with van der Waals surface area (Å²) in [4.78, 5) is 12.1. The summed E-state index contributed by atoms with van der Waals surface area (Å²) < 4.78 is 1.92. The second kappa shape index (κ2) is 7.98. The molecule has 0 bridgehead atoms. The molecule has 0 saturated carbocycles. The largest absolute Gasteiger partial charge is 0.345 e. The first-order valence-electron chi connectivity index (χ1n) is 8.03. The molecular weight excluding hydrogens is 332 g/mol. The van der Waals surface area contributed by atoms with E-state index < -0.39 is 0 Å². The van der Waals surface area contributed by atoms with E-state index in [2.05, 4.69) is 46.7 Å². The van der Waals surface area contributed by atoms with Gasteiger partial charge in [-0.15, -0.1) is 10.2 Å². The van der Waals surface area contributed by atoms with Crippen LogP contribution in [0.15, 0.2) is 59.8 Å². The van der Waals surface area contributed by atoms with Gasteiger partial charge in [-0.2, -0.15) is 0 Å². The first-order chi connectivity index (χ1) is 12.1. The minimum atomic E-state index is -0.113. The number of nitrogens with zero attached hydrogens (tertiary/aromatic N) is 3. The summed E-state index contributed by atoms with van der Waals surface area (Å²) in [7, 11) is 1.92. The van der Waals surface area contributed by atoms with E-state index in [1.165, 1.54) is 11.1 Å². The van der Waals surface area contributed by atoms with Crippen LogP contribution in [0.4, 0.5) is 0 Å². The molecule has 0 atom stereocenters. The lowest BCUT2D eigenvalue weighted by Crippen LogP contribution is -2.24. The van der Waals surface area contributed by atoms with Crippen LogP contribution in [0.5, 0.6) is 0 Å². The van der Waals surface area contributed by atoms with Crippen LogP contribution in [0.3, 0.4) is 0 Å². The SMILES string of the molecule is Cc1ccc(CSc2nnc(CNC(=O)c3ccccc3)n2C)cc1. The average molecular weight is 352 g/mol. The predicted molar refractivity (Wildman–Crippen MR) is 99.4 cm³/mol. The molecule has 6 heteroatoms. The second-order valence-electron chi connectivity index (χ2n) is 5.78. The van der Waals surface area contributed by atoms with E-state index in [-0.39, 0.29) is 5.91 Å². The monoisotopic (exact) mass is 352 g/mol. The van der Waals surface area contributed by atoms with E-state index in [1.807, 2.05) is 29.8 Å². The Bertz CT molecular complexity index is 844. The first-order valence-corrected chi connectivity index (χ1v) is 9.02. The third-order valence-corrected chi connectivity index (χ3v) is 4.95. The molecule has 5 nitrogen and oxygen atoms in total. The van der Waals surface area contributed by atoms with Gasteiger partial charge in [0.1, 0.15) is 0 Å². The standard InChI is InChI=1S/C19H20N4OS/c1-14-8-10-15(11-9-14)13-25-19-22-21-17(23(19)2)12-20-18(24)16-6-4-3-5-7-16/h3-11H,12-13H2,1-2H3,(H,20,24). The number of thioether (sulfide) groups is 1. The van der Waals surface area contributed by atoms with E-state index in [9.17, 15) is 4.79 Å². The lowest BCUT2D eigenvalue weighted by Gasteiger charge is -2.06. The van der Waals surface area contributed by atoms with Crippen molar-refractivity contribution in [3.63, 3.8) is 0 Å². The molecule has 3 rings (SSSR count). The Morgan fingerprint density at radius 2 is 1.80 bits per heavy atom. The van der Waals surface area contributed by atoms with E-state index in [4.69, 9.17) is 0 Å². The molecule has 0 unspecified atom stereocenters. The fraction of sp³-hybridized carbons (Fsp3) is 0.211. The lowest BCUT2D eigenvalue weighted by atomic mass is 10.2. The minimum absolute atomic E-state index is 0.113. The van der Waals surface area contributed by atoms with Gasteiger partial charge in [-0.25, -0.2) is 0 Å². The summed E-state index contributed by atoms with van der Waals surface area (Å²) in [5, 5.41) is 12.1. The van der Waals surface area contributed by atoms with Gasteiger partial charge in [0.25, 0.3) is 5.91 Å². The highest BCUT2D eigenvalue weighted by atomic mass is 32.2. The van der Waals surface area contributed by atoms with E-state index in [0.717, 1.165) is 16.7 Å². The van der Waals surface area contributed by atoms with Crippen LogP contribution in [0.25, 0.3) is 0 Å². The van der Waals surface area contributed by atoms with E-state index in [0.29, 0.717) is 12.1 Å². The maximum absolute atomic E-state index is 12.1. The fourth-order valence-electron chi connectivity index (χ4n) is 2.31. The number of nitrogens with one attached hydrogen (secondary N) is 1. The Hall–Kier alpha value is -2.60. The average Bonchev–Trinajstić information content (AvgIpc) is 3.00. The minimum Gasteiger partial charge on any atom is -0.345 e.